The zero-order chi connectivity index (χ0) is 30.6. The smallest absolute Gasteiger partial charge is 0.457 e. The van der Waals surface area contributed by atoms with Crippen LogP contribution in [0.15, 0.2) is 133 Å². The number of para-hydroxylation sites is 2. The molecule has 218 valence electrons. The van der Waals surface area contributed by atoms with E-state index in [0.717, 1.165) is 45.3 Å². The summed E-state index contributed by atoms with van der Waals surface area (Å²) in [6.07, 6.45) is 0. The van der Waals surface area contributed by atoms with Crippen molar-refractivity contribution in [1.82, 2.24) is 0 Å². The summed E-state index contributed by atoms with van der Waals surface area (Å²) in [5.74, 6) is 3.07. The molecular weight excluding hydrogens is 582 g/mol. The number of benzene rings is 5. The van der Waals surface area contributed by atoms with Crippen LogP contribution in [0.1, 0.15) is 0 Å². The first-order valence-corrected chi connectivity index (χ1v) is 15.3. The van der Waals surface area contributed by atoms with Gasteiger partial charge in [-0.25, -0.2) is 9.13 Å². The van der Waals surface area contributed by atoms with E-state index in [0.29, 0.717) is 0 Å². The minimum atomic E-state index is -4.64. The molecule has 0 bridgehead atoms. The molecule has 0 saturated carbocycles. The average Bonchev–Trinajstić information content (AvgIpc) is 2.94. The SMILES string of the molecule is O=P(O)(O)O.O=P(O)(O)O.c1ccc(Oc2ccc(-c3ccccc3)c(Oc3ccccc3)c2-c2ccccc2)cc1. The van der Waals surface area contributed by atoms with Gasteiger partial charge in [0, 0.05) is 5.56 Å². The molecule has 0 aliphatic heterocycles. The van der Waals surface area contributed by atoms with Crippen molar-refractivity contribution in [3.8, 4) is 45.3 Å². The molecule has 0 fully saturated rings. The van der Waals surface area contributed by atoms with Crippen LogP contribution in [0.4, 0.5) is 0 Å². The highest BCUT2D eigenvalue weighted by Gasteiger charge is 2.20. The Morgan fingerprint density at radius 1 is 0.429 bits per heavy atom. The van der Waals surface area contributed by atoms with Crippen LogP contribution >= 0.6 is 15.6 Å². The van der Waals surface area contributed by atoms with E-state index >= 15 is 0 Å². The molecule has 6 N–H and O–H groups in total. The number of phosphoric acid groups is 2. The van der Waals surface area contributed by atoms with Crippen molar-refractivity contribution < 1.29 is 48.0 Å². The average molecular weight is 610 g/mol. The Morgan fingerprint density at radius 2 is 0.786 bits per heavy atom. The Kier molecular flexibility index (Phi) is 11.8. The standard InChI is InChI=1S/C30H22O2.2H3O4P/c1-5-13-23(14-6-1)27-21-22-28(31-25-17-9-3-10-18-25)29(24-15-7-2-8-16-24)30(27)32-26-19-11-4-12-20-26;2*1-5(2,3)4/h1-22H;2*(H3,1,2,3,4). The van der Waals surface area contributed by atoms with Gasteiger partial charge in [0.15, 0.2) is 0 Å². The summed E-state index contributed by atoms with van der Waals surface area (Å²) in [5, 5.41) is 0. The summed E-state index contributed by atoms with van der Waals surface area (Å²) in [7, 11) is -9.28. The van der Waals surface area contributed by atoms with E-state index in [1.54, 1.807) is 0 Å². The van der Waals surface area contributed by atoms with Gasteiger partial charge in [0.25, 0.3) is 0 Å². The molecular formula is C30H28O10P2. The lowest BCUT2D eigenvalue weighted by atomic mass is 9.96. The number of ether oxygens (including phenoxy) is 2. The Bertz CT molecular complexity index is 1590. The van der Waals surface area contributed by atoms with Crippen molar-refractivity contribution in [2.24, 2.45) is 0 Å². The maximum atomic E-state index is 8.88. The van der Waals surface area contributed by atoms with Crippen molar-refractivity contribution >= 4 is 15.6 Å². The van der Waals surface area contributed by atoms with Crippen LogP contribution in [0.5, 0.6) is 23.0 Å². The molecule has 0 radical (unpaired) electrons. The van der Waals surface area contributed by atoms with Crippen LogP contribution in [0.3, 0.4) is 0 Å². The minimum Gasteiger partial charge on any atom is -0.457 e. The van der Waals surface area contributed by atoms with Gasteiger partial charge in [0.1, 0.15) is 23.0 Å². The Labute approximate surface area is 242 Å². The Balaban J connectivity index is 0.000000420. The highest BCUT2D eigenvalue weighted by molar-refractivity contribution is 7.45. The first kappa shape index (κ1) is 32.4. The van der Waals surface area contributed by atoms with E-state index in [1.165, 1.54) is 0 Å². The maximum absolute atomic E-state index is 8.88. The fourth-order valence-corrected chi connectivity index (χ4v) is 3.70. The second-order valence-electron chi connectivity index (χ2n) is 8.40. The third kappa shape index (κ3) is 11.8. The molecule has 0 unspecified atom stereocenters. The quantitative estimate of drug-likeness (QED) is 0.113. The second-order valence-corrected chi connectivity index (χ2v) is 10.5. The topological polar surface area (TPSA) is 174 Å². The zero-order valence-corrected chi connectivity index (χ0v) is 23.7. The largest absolute Gasteiger partial charge is 0.466 e. The fraction of sp³-hybridized carbons (Fsp3) is 0. The lowest BCUT2D eigenvalue weighted by Crippen LogP contribution is -1.96. The number of rotatable bonds is 6. The summed E-state index contributed by atoms with van der Waals surface area (Å²) >= 11 is 0. The molecule has 5 aromatic rings. The fourth-order valence-electron chi connectivity index (χ4n) is 3.70. The van der Waals surface area contributed by atoms with Gasteiger partial charge in [0.05, 0.1) is 5.56 Å². The zero-order valence-electron chi connectivity index (χ0n) is 21.9. The van der Waals surface area contributed by atoms with Crippen LogP contribution < -0.4 is 9.47 Å². The van der Waals surface area contributed by atoms with Crippen molar-refractivity contribution in [2.75, 3.05) is 0 Å². The van der Waals surface area contributed by atoms with E-state index in [-0.39, 0.29) is 0 Å². The highest BCUT2D eigenvalue weighted by Crippen LogP contribution is 2.47. The van der Waals surface area contributed by atoms with Gasteiger partial charge >= 0.3 is 15.6 Å². The Hall–Kier alpha value is -4.08. The number of hydrogen-bond acceptors (Lipinski definition) is 4. The third-order valence-electron chi connectivity index (χ3n) is 5.20. The van der Waals surface area contributed by atoms with Crippen molar-refractivity contribution in [3.63, 3.8) is 0 Å². The third-order valence-corrected chi connectivity index (χ3v) is 5.20. The van der Waals surface area contributed by atoms with Gasteiger partial charge in [0.2, 0.25) is 0 Å². The minimum absolute atomic E-state index is 0.744. The van der Waals surface area contributed by atoms with Gasteiger partial charge in [-0.2, -0.15) is 0 Å². The molecule has 10 nitrogen and oxygen atoms in total. The molecule has 42 heavy (non-hydrogen) atoms. The van der Waals surface area contributed by atoms with Crippen LogP contribution in [0.2, 0.25) is 0 Å². The van der Waals surface area contributed by atoms with E-state index in [2.05, 4.69) is 30.3 Å². The summed E-state index contributed by atoms with van der Waals surface area (Å²) in [6.45, 7) is 0. The van der Waals surface area contributed by atoms with Crippen molar-refractivity contribution in [2.45, 2.75) is 0 Å². The molecule has 12 heteroatoms. The first-order chi connectivity index (χ1) is 19.9. The highest BCUT2D eigenvalue weighted by atomic mass is 31.2. The monoisotopic (exact) mass is 610 g/mol. The van der Waals surface area contributed by atoms with Gasteiger partial charge in [-0.15, -0.1) is 0 Å². The lowest BCUT2D eigenvalue weighted by molar-refractivity contribution is 0.272. The van der Waals surface area contributed by atoms with Crippen LogP contribution in [0, 0.1) is 0 Å². The summed E-state index contributed by atoms with van der Waals surface area (Å²) < 4.78 is 30.7. The molecule has 5 aromatic carbocycles. The molecule has 0 saturated heterocycles. The van der Waals surface area contributed by atoms with E-state index in [9.17, 15) is 0 Å². The molecule has 0 heterocycles. The molecule has 0 aliphatic rings. The van der Waals surface area contributed by atoms with Crippen molar-refractivity contribution in [1.29, 1.82) is 0 Å². The number of hydrogen-bond donors (Lipinski definition) is 6. The molecule has 0 amide bonds. The molecule has 0 aromatic heterocycles. The predicted molar refractivity (Wildman–Crippen MR) is 159 cm³/mol. The lowest BCUT2D eigenvalue weighted by Gasteiger charge is -2.20. The Morgan fingerprint density at radius 3 is 1.21 bits per heavy atom. The van der Waals surface area contributed by atoms with Crippen LogP contribution in [-0.4, -0.2) is 29.4 Å². The molecule has 0 aliphatic carbocycles. The van der Waals surface area contributed by atoms with E-state index in [4.69, 9.17) is 48.0 Å². The predicted octanol–water partition coefficient (Wildman–Crippen LogP) is 6.75. The van der Waals surface area contributed by atoms with Gasteiger partial charge in [-0.05, 0) is 47.5 Å². The molecule has 0 atom stereocenters. The van der Waals surface area contributed by atoms with Crippen LogP contribution in [0.25, 0.3) is 22.3 Å². The summed E-state index contributed by atoms with van der Waals surface area (Å²) in [6, 6.07) is 44.3. The summed E-state index contributed by atoms with van der Waals surface area (Å²) in [5.41, 5.74) is 4.04. The second kappa shape index (κ2) is 15.2. The maximum Gasteiger partial charge on any atom is 0.466 e. The van der Waals surface area contributed by atoms with E-state index in [1.807, 2.05) is 103 Å². The van der Waals surface area contributed by atoms with Gasteiger partial charge < -0.3 is 38.8 Å². The normalized spacial score (nSPS) is 10.8. The van der Waals surface area contributed by atoms with Crippen molar-refractivity contribution in [3.05, 3.63) is 133 Å². The summed E-state index contributed by atoms with van der Waals surface area (Å²) in [4.78, 5) is 43.1. The molecule has 5 rings (SSSR count). The van der Waals surface area contributed by atoms with Gasteiger partial charge in [-0.3, -0.25) is 0 Å². The van der Waals surface area contributed by atoms with E-state index < -0.39 is 15.6 Å². The first-order valence-electron chi connectivity index (χ1n) is 12.2. The van der Waals surface area contributed by atoms with Crippen LogP contribution in [-0.2, 0) is 9.13 Å². The molecule has 0 spiro atoms. The van der Waals surface area contributed by atoms with Gasteiger partial charge in [-0.1, -0.05) is 97.1 Å².